The van der Waals surface area contributed by atoms with Gasteiger partial charge in [-0.25, -0.2) is 4.98 Å². The second-order valence-electron chi connectivity index (χ2n) is 5.45. The third-order valence-corrected chi connectivity index (χ3v) is 4.37. The normalized spacial score (nSPS) is 11.2. The van der Waals surface area contributed by atoms with E-state index < -0.39 is 0 Å². The Kier molecular flexibility index (Phi) is 5.60. The fourth-order valence-corrected chi connectivity index (χ4v) is 2.96. The molecular weight excluding hydrogens is 350 g/mol. The molecule has 0 saturated heterocycles. The van der Waals surface area contributed by atoms with E-state index in [4.69, 9.17) is 9.94 Å². The monoisotopic (exact) mass is 367 g/mol. The number of carbonyl (C=O) groups excluding carboxylic acids is 1. The summed E-state index contributed by atoms with van der Waals surface area (Å²) in [5, 5.41) is 17.0. The van der Waals surface area contributed by atoms with Crippen LogP contribution in [0.3, 0.4) is 0 Å². The molecule has 1 heterocycles. The Morgan fingerprint density at radius 1 is 1.19 bits per heavy atom. The van der Waals surface area contributed by atoms with Crippen molar-refractivity contribution in [1.82, 2.24) is 4.98 Å². The zero-order valence-corrected chi connectivity index (χ0v) is 14.9. The number of anilines is 1. The molecule has 3 aromatic rings. The second kappa shape index (κ2) is 8.26. The van der Waals surface area contributed by atoms with Gasteiger partial charge in [-0.05, 0) is 36.8 Å². The molecule has 0 saturated carbocycles. The minimum atomic E-state index is -0.281. The van der Waals surface area contributed by atoms with Crippen molar-refractivity contribution >= 4 is 28.1 Å². The van der Waals surface area contributed by atoms with Gasteiger partial charge in [-0.3, -0.25) is 10.1 Å². The van der Waals surface area contributed by atoms with E-state index in [-0.39, 0.29) is 12.5 Å². The highest BCUT2D eigenvalue weighted by molar-refractivity contribution is 7.14. The Morgan fingerprint density at radius 3 is 2.62 bits per heavy atom. The first-order valence-corrected chi connectivity index (χ1v) is 8.76. The lowest BCUT2D eigenvalue weighted by molar-refractivity contribution is -0.118. The maximum Gasteiger partial charge on any atom is 0.264 e. The highest BCUT2D eigenvalue weighted by atomic mass is 32.1. The van der Waals surface area contributed by atoms with E-state index in [1.165, 1.54) is 11.3 Å². The van der Waals surface area contributed by atoms with Gasteiger partial charge in [-0.1, -0.05) is 35.5 Å². The van der Waals surface area contributed by atoms with Crippen molar-refractivity contribution in [3.63, 3.8) is 0 Å². The molecule has 0 atom stereocenters. The lowest BCUT2D eigenvalue weighted by atomic mass is 10.1. The SMILES string of the molecule is C/C(=N\O)c1ccc(OCC(=O)Nc2nc(-c3ccccc3)cs2)cc1. The number of nitrogens with one attached hydrogen (secondary N) is 1. The van der Waals surface area contributed by atoms with E-state index in [0.29, 0.717) is 16.6 Å². The molecule has 0 aliphatic carbocycles. The van der Waals surface area contributed by atoms with E-state index in [1.54, 1.807) is 31.2 Å². The smallest absolute Gasteiger partial charge is 0.264 e. The Balaban J connectivity index is 1.54. The number of carbonyl (C=O) groups is 1. The lowest BCUT2D eigenvalue weighted by Gasteiger charge is -2.06. The average molecular weight is 367 g/mol. The first-order valence-electron chi connectivity index (χ1n) is 7.88. The first kappa shape index (κ1) is 17.6. The number of ether oxygens (including phenoxy) is 1. The van der Waals surface area contributed by atoms with Crippen LogP contribution in [-0.2, 0) is 4.79 Å². The van der Waals surface area contributed by atoms with Gasteiger partial charge < -0.3 is 9.94 Å². The van der Waals surface area contributed by atoms with Gasteiger partial charge in [0, 0.05) is 10.9 Å². The summed E-state index contributed by atoms with van der Waals surface area (Å²) in [4.78, 5) is 16.4. The quantitative estimate of drug-likeness (QED) is 0.391. The largest absolute Gasteiger partial charge is 0.484 e. The first-order chi connectivity index (χ1) is 12.7. The summed E-state index contributed by atoms with van der Waals surface area (Å²) in [7, 11) is 0. The van der Waals surface area contributed by atoms with Crippen LogP contribution in [0.15, 0.2) is 65.1 Å². The van der Waals surface area contributed by atoms with Crippen molar-refractivity contribution in [2.75, 3.05) is 11.9 Å². The number of benzene rings is 2. The minimum absolute atomic E-state index is 0.118. The van der Waals surface area contributed by atoms with Crippen LogP contribution < -0.4 is 10.1 Å². The highest BCUT2D eigenvalue weighted by Gasteiger charge is 2.09. The molecule has 1 amide bonds. The molecule has 132 valence electrons. The Morgan fingerprint density at radius 2 is 1.92 bits per heavy atom. The Hall–Kier alpha value is -3.19. The van der Waals surface area contributed by atoms with Gasteiger partial charge in [0.2, 0.25) is 0 Å². The van der Waals surface area contributed by atoms with Crippen LogP contribution in [0, 0.1) is 0 Å². The van der Waals surface area contributed by atoms with Gasteiger partial charge in [0.25, 0.3) is 5.91 Å². The Bertz CT molecular complexity index is 905. The summed E-state index contributed by atoms with van der Waals surface area (Å²) >= 11 is 1.37. The molecule has 26 heavy (non-hydrogen) atoms. The predicted octanol–water partition coefficient (Wildman–Crippen LogP) is 4.03. The van der Waals surface area contributed by atoms with Crippen LogP contribution in [0.5, 0.6) is 5.75 Å². The lowest BCUT2D eigenvalue weighted by Crippen LogP contribution is -2.20. The molecule has 0 unspecified atom stereocenters. The summed E-state index contributed by atoms with van der Waals surface area (Å²) < 4.78 is 5.46. The van der Waals surface area contributed by atoms with Crippen LogP contribution in [-0.4, -0.2) is 28.4 Å². The van der Waals surface area contributed by atoms with E-state index in [0.717, 1.165) is 16.8 Å². The molecule has 0 aliphatic rings. The van der Waals surface area contributed by atoms with Crippen molar-refractivity contribution in [2.45, 2.75) is 6.92 Å². The van der Waals surface area contributed by atoms with Gasteiger partial charge in [0.15, 0.2) is 11.7 Å². The van der Waals surface area contributed by atoms with Crippen molar-refractivity contribution in [3.8, 4) is 17.0 Å². The molecule has 3 rings (SSSR count). The molecule has 1 aromatic heterocycles. The number of thiazole rings is 1. The number of nitrogens with zero attached hydrogens (tertiary/aromatic N) is 2. The predicted molar refractivity (Wildman–Crippen MR) is 102 cm³/mol. The summed E-state index contributed by atoms with van der Waals surface area (Å²) in [5.41, 5.74) is 3.11. The molecule has 0 spiro atoms. The molecule has 6 nitrogen and oxygen atoms in total. The molecular formula is C19H17N3O3S. The number of rotatable bonds is 6. The maximum atomic E-state index is 12.0. The van der Waals surface area contributed by atoms with Crippen LogP contribution in [0.25, 0.3) is 11.3 Å². The second-order valence-corrected chi connectivity index (χ2v) is 6.31. The van der Waals surface area contributed by atoms with Crippen LogP contribution in [0.2, 0.25) is 0 Å². The molecule has 2 N–H and O–H groups in total. The summed E-state index contributed by atoms with van der Waals surface area (Å²) in [6, 6.07) is 16.7. The number of aromatic nitrogens is 1. The van der Waals surface area contributed by atoms with E-state index >= 15 is 0 Å². The van der Waals surface area contributed by atoms with Crippen LogP contribution >= 0.6 is 11.3 Å². The molecule has 2 aromatic carbocycles. The van der Waals surface area contributed by atoms with Gasteiger partial charge >= 0.3 is 0 Å². The van der Waals surface area contributed by atoms with Crippen LogP contribution in [0.4, 0.5) is 5.13 Å². The van der Waals surface area contributed by atoms with Crippen molar-refractivity contribution in [1.29, 1.82) is 0 Å². The average Bonchev–Trinajstić information content (AvgIpc) is 3.15. The van der Waals surface area contributed by atoms with Gasteiger partial charge in [-0.2, -0.15) is 0 Å². The molecule has 0 aliphatic heterocycles. The number of hydrogen-bond donors (Lipinski definition) is 2. The third-order valence-electron chi connectivity index (χ3n) is 3.61. The van der Waals surface area contributed by atoms with Crippen molar-refractivity contribution < 1.29 is 14.7 Å². The summed E-state index contributed by atoms with van der Waals surface area (Å²) in [6.45, 7) is 1.58. The topological polar surface area (TPSA) is 83.8 Å². The third kappa shape index (κ3) is 4.46. The number of amides is 1. The van der Waals surface area contributed by atoms with Crippen molar-refractivity contribution in [3.05, 3.63) is 65.5 Å². The van der Waals surface area contributed by atoms with E-state index in [1.807, 2.05) is 35.7 Å². The zero-order chi connectivity index (χ0) is 18.4. The summed E-state index contributed by atoms with van der Waals surface area (Å²) in [6.07, 6.45) is 0. The molecule has 0 bridgehead atoms. The minimum Gasteiger partial charge on any atom is -0.484 e. The van der Waals surface area contributed by atoms with Gasteiger partial charge in [-0.15, -0.1) is 11.3 Å². The molecule has 7 heteroatoms. The Labute approximate surface area is 154 Å². The standard InChI is InChI=1S/C19H17N3O3S/c1-13(22-24)14-7-9-16(10-8-14)25-11-18(23)21-19-20-17(12-26-19)15-5-3-2-4-6-15/h2-10,12,24H,11H2,1H3,(H,20,21,23)/b22-13+. The summed E-state index contributed by atoms with van der Waals surface area (Å²) in [5.74, 6) is 0.273. The maximum absolute atomic E-state index is 12.0. The van der Waals surface area contributed by atoms with Gasteiger partial charge in [0.1, 0.15) is 5.75 Å². The van der Waals surface area contributed by atoms with Crippen molar-refractivity contribution in [2.24, 2.45) is 5.16 Å². The molecule has 0 radical (unpaired) electrons. The van der Waals surface area contributed by atoms with Gasteiger partial charge in [0.05, 0.1) is 11.4 Å². The van der Waals surface area contributed by atoms with Crippen LogP contribution in [0.1, 0.15) is 12.5 Å². The number of hydrogen-bond acceptors (Lipinski definition) is 6. The zero-order valence-electron chi connectivity index (χ0n) is 14.0. The van der Waals surface area contributed by atoms with E-state index in [2.05, 4.69) is 15.5 Å². The fraction of sp³-hybridized carbons (Fsp3) is 0.105. The van der Waals surface area contributed by atoms with E-state index in [9.17, 15) is 4.79 Å². The fourth-order valence-electron chi connectivity index (χ4n) is 2.23. The number of oxime groups is 1. The highest BCUT2D eigenvalue weighted by Crippen LogP contribution is 2.24. The molecule has 0 fully saturated rings.